The molecule has 0 bridgehead atoms. The molecular formula is C14H20N2O3. The number of carbonyl (C=O) groups excluding carboxylic acids is 2. The summed E-state index contributed by atoms with van der Waals surface area (Å²) in [5.74, 6) is -0.573. The fourth-order valence-electron chi connectivity index (χ4n) is 1.57. The Bertz CT molecular complexity index is 406. The lowest BCUT2D eigenvalue weighted by Gasteiger charge is -2.15. The van der Waals surface area contributed by atoms with Crippen LogP contribution in [0.3, 0.4) is 0 Å². The summed E-state index contributed by atoms with van der Waals surface area (Å²) in [7, 11) is 0. The molecule has 0 saturated heterocycles. The van der Waals surface area contributed by atoms with Crippen molar-refractivity contribution in [2.75, 3.05) is 6.61 Å². The van der Waals surface area contributed by atoms with Gasteiger partial charge < -0.3 is 15.8 Å². The van der Waals surface area contributed by atoms with Crippen molar-refractivity contribution < 1.29 is 14.3 Å². The predicted molar refractivity (Wildman–Crippen MR) is 72.5 cm³/mol. The van der Waals surface area contributed by atoms with Crippen molar-refractivity contribution in [1.82, 2.24) is 5.32 Å². The van der Waals surface area contributed by atoms with Gasteiger partial charge in [-0.25, -0.2) is 4.79 Å². The van der Waals surface area contributed by atoms with Crippen LogP contribution in [-0.2, 0) is 16.0 Å². The highest BCUT2D eigenvalue weighted by molar-refractivity contribution is 5.84. The first-order valence-electron chi connectivity index (χ1n) is 6.40. The lowest BCUT2D eigenvalue weighted by atomic mass is 10.1. The first-order chi connectivity index (χ1) is 9.13. The van der Waals surface area contributed by atoms with Crippen molar-refractivity contribution in [2.45, 2.75) is 32.2 Å². The number of rotatable bonds is 7. The van der Waals surface area contributed by atoms with Gasteiger partial charge in [-0.15, -0.1) is 0 Å². The van der Waals surface area contributed by atoms with Gasteiger partial charge in [-0.2, -0.15) is 0 Å². The minimum atomic E-state index is -0.753. The summed E-state index contributed by atoms with van der Waals surface area (Å²) in [6, 6.07) is 8.62. The molecule has 0 heterocycles. The van der Waals surface area contributed by atoms with Gasteiger partial charge in [-0.05, 0) is 12.0 Å². The van der Waals surface area contributed by atoms with E-state index in [4.69, 9.17) is 10.5 Å². The largest absolute Gasteiger partial charge is 0.450 e. The minimum Gasteiger partial charge on any atom is -0.450 e. The van der Waals surface area contributed by atoms with Crippen molar-refractivity contribution in [1.29, 1.82) is 0 Å². The number of benzene rings is 1. The quantitative estimate of drug-likeness (QED) is 0.734. The van der Waals surface area contributed by atoms with E-state index in [9.17, 15) is 9.59 Å². The maximum atomic E-state index is 11.5. The highest BCUT2D eigenvalue weighted by Gasteiger charge is 2.19. The average molecular weight is 264 g/mol. The predicted octanol–water partition coefficient (Wildman–Crippen LogP) is 1.61. The third kappa shape index (κ3) is 5.90. The van der Waals surface area contributed by atoms with E-state index >= 15 is 0 Å². The van der Waals surface area contributed by atoms with E-state index in [1.807, 2.05) is 37.3 Å². The van der Waals surface area contributed by atoms with Crippen molar-refractivity contribution in [3.8, 4) is 0 Å². The number of nitrogens with two attached hydrogens (primary N) is 1. The molecule has 0 radical (unpaired) electrons. The smallest absolute Gasteiger partial charge is 0.407 e. The molecule has 2 amide bonds. The van der Waals surface area contributed by atoms with Gasteiger partial charge in [-0.1, -0.05) is 43.7 Å². The number of hydrogen-bond donors (Lipinski definition) is 2. The Morgan fingerprint density at radius 2 is 2.00 bits per heavy atom. The molecule has 0 aliphatic rings. The molecule has 1 atom stereocenters. The van der Waals surface area contributed by atoms with Gasteiger partial charge in [0.1, 0.15) is 6.04 Å². The molecule has 0 aromatic heterocycles. The fraction of sp³-hybridized carbons (Fsp3) is 0.429. The summed E-state index contributed by atoms with van der Waals surface area (Å²) < 4.78 is 4.94. The van der Waals surface area contributed by atoms with Gasteiger partial charge in [0.2, 0.25) is 5.91 Å². The third-order valence-corrected chi connectivity index (χ3v) is 2.65. The molecule has 104 valence electrons. The lowest BCUT2D eigenvalue weighted by molar-refractivity contribution is -0.119. The van der Waals surface area contributed by atoms with E-state index in [1.165, 1.54) is 0 Å². The van der Waals surface area contributed by atoms with Crippen LogP contribution in [0.15, 0.2) is 30.3 Å². The zero-order valence-corrected chi connectivity index (χ0v) is 11.1. The molecule has 0 spiro atoms. The van der Waals surface area contributed by atoms with Crippen molar-refractivity contribution in [3.05, 3.63) is 35.9 Å². The van der Waals surface area contributed by atoms with Crippen LogP contribution in [0.4, 0.5) is 4.79 Å². The lowest BCUT2D eigenvalue weighted by Crippen LogP contribution is -2.46. The van der Waals surface area contributed by atoms with E-state index in [0.29, 0.717) is 13.0 Å². The molecular weight excluding hydrogens is 244 g/mol. The zero-order chi connectivity index (χ0) is 14.1. The van der Waals surface area contributed by atoms with Crippen LogP contribution in [0.1, 0.15) is 25.3 Å². The summed E-state index contributed by atoms with van der Waals surface area (Å²) in [6.45, 7) is 2.35. The molecule has 0 saturated carbocycles. The normalized spacial score (nSPS) is 11.6. The number of carbonyl (C=O) groups is 2. The monoisotopic (exact) mass is 264 g/mol. The summed E-state index contributed by atoms with van der Waals surface area (Å²) in [5.41, 5.74) is 6.21. The molecule has 19 heavy (non-hydrogen) atoms. The zero-order valence-electron chi connectivity index (χ0n) is 11.1. The molecule has 0 fully saturated rings. The van der Waals surface area contributed by atoms with Crippen LogP contribution in [0.25, 0.3) is 0 Å². The minimum absolute atomic E-state index is 0.346. The molecule has 3 N–H and O–H groups in total. The number of amides is 2. The molecule has 5 heteroatoms. The average Bonchev–Trinajstić information content (AvgIpc) is 2.39. The van der Waals surface area contributed by atoms with Gasteiger partial charge in [0.25, 0.3) is 0 Å². The van der Waals surface area contributed by atoms with E-state index in [0.717, 1.165) is 18.4 Å². The highest BCUT2D eigenvalue weighted by Crippen LogP contribution is 2.03. The highest BCUT2D eigenvalue weighted by atomic mass is 16.5. The Labute approximate surface area is 113 Å². The van der Waals surface area contributed by atoms with E-state index in [1.54, 1.807) is 0 Å². The Hall–Kier alpha value is -2.04. The topological polar surface area (TPSA) is 81.4 Å². The van der Waals surface area contributed by atoms with E-state index in [-0.39, 0.29) is 0 Å². The van der Waals surface area contributed by atoms with E-state index < -0.39 is 18.0 Å². The van der Waals surface area contributed by atoms with Crippen LogP contribution in [-0.4, -0.2) is 24.6 Å². The number of ether oxygens (including phenoxy) is 1. The number of nitrogens with one attached hydrogen (secondary N) is 1. The Balaban J connectivity index is 2.49. The SMILES string of the molecule is CCCCOC(=O)NC(Cc1ccccc1)C(N)=O. The maximum Gasteiger partial charge on any atom is 0.407 e. The standard InChI is InChI=1S/C14H20N2O3/c1-2-3-9-19-14(18)16-12(13(15)17)10-11-7-5-4-6-8-11/h4-8,12H,2-3,9-10H2,1H3,(H2,15,17)(H,16,18). The van der Waals surface area contributed by atoms with Gasteiger partial charge in [0, 0.05) is 6.42 Å². The van der Waals surface area contributed by atoms with Gasteiger partial charge >= 0.3 is 6.09 Å². The second-order valence-corrected chi connectivity index (χ2v) is 4.28. The molecule has 1 aromatic carbocycles. The number of hydrogen-bond acceptors (Lipinski definition) is 3. The Morgan fingerprint density at radius 3 is 2.58 bits per heavy atom. The van der Waals surface area contributed by atoms with E-state index in [2.05, 4.69) is 5.32 Å². The Morgan fingerprint density at radius 1 is 1.32 bits per heavy atom. The first kappa shape index (κ1) is 15.0. The summed E-state index contributed by atoms with van der Waals surface area (Å²) in [5, 5.41) is 2.49. The third-order valence-electron chi connectivity index (χ3n) is 2.65. The van der Waals surface area contributed by atoms with Gasteiger partial charge in [0.15, 0.2) is 0 Å². The summed E-state index contributed by atoms with van der Waals surface area (Å²) in [4.78, 5) is 22.8. The van der Waals surface area contributed by atoms with Gasteiger partial charge in [0.05, 0.1) is 6.61 Å². The molecule has 1 rings (SSSR count). The molecule has 0 aliphatic carbocycles. The van der Waals surface area contributed by atoms with Crippen LogP contribution in [0, 0.1) is 0 Å². The molecule has 1 aromatic rings. The van der Waals surface area contributed by atoms with Crippen LogP contribution >= 0.6 is 0 Å². The molecule has 0 aliphatic heterocycles. The van der Waals surface area contributed by atoms with Crippen LogP contribution in [0.2, 0.25) is 0 Å². The summed E-state index contributed by atoms with van der Waals surface area (Å²) in [6.07, 6.45) is 1.50. The van der Waals surface area contributed by atoms with Crippen LogP contribution < -0.4 is 11.1 Å². The fourth-order valence-corrected chi connectivity index (χ4v) is 1.57. The van der Waals surface area contributed by atoms with Crippen LogP contribution in [0.5, 0.6) is 0 Å². The molecule has 1 unspecified atom stereocenters. The second kappa shape index (κ2) is 8.13. The first-order valence-corrected chi connectivity index (χ1v) is 6.40. The van der Waals surface area contributed by atoms with Gasteiger partial charge in [-0.3, -0.25) is 4.79 Å². The van der Waals surface area contributed by atoms with Crippen molar-refractivity contribution >= 4 is 12.0 Å². The van der Waals surface area contributed by atoms with Crippen molar-refractivity contribution in [2.24, 2.45) is 5.73 Å². The summed E-state index contributed by atoms with van der Waals surface area (Å²) >= 11 is 0. The Kier molecular flexibility index (Phi) is 6.43. The van der Waals surface area contributed by atoms with Crippen molar-refractivity contribution in [3.63, 3.8) is 0 Å². The second-order valence-electron chi connectivity index (χ2n) is 4.28. The maximum absolute atomic E-state index is 11.5. The molecule has 5 nitrogen and oxygen atoms in total. The number of unbranched alkanes of at least 4 members (excludes halogenated alkanes) is 1. The number of primary amides is 1. The number of alkyl carbamates (subject to hydrolysis) is 1.